The minimum absolute atomic E-state index is 0.146. The van der Waals surface area contributed by atoms with Gasteiger partial charge in [0.25, 0.3) is 5.56 Å². The molecule has 0 bridgehead atoms. The van der Waals surface area contributed by atoms with Crippen LogP contribution >= 0.6 is 22.9 Å². The van der Waals surface area contributed by atoms with Gasteiger partial charge < -0.3 is 4.57 Å². The molecule has 2 N–H and O–H groups in total. The Hall–Kier alpha value is -3.50. The number of hydrogen-bond donors (Lipinski definition) is 2. The number of benzene rings is 1. The summed E-state index contributed by atoms with van der Waals surface area (Å²) in [6, 6.07) is 7.66. The Labute approximate surface area is 183 Å². The van der Waals surface area contributed by atoms with E-state index in [4.69, 9.17) is 16.6 Å². The number of fused-ring (bicyclic) bond motifs is 4. The second-order valence-electron chi connectivity index (χ2n) is 7.33. The van der Waals surface area contributed by atoms with Crippen LogP contribution in [-0.2, 0) is 20.0 Å². The van der Waals surface area contributed by atoms with E-state index in [0.717, 1.165) is 42.9 Å². The van der Waals surface area contributed by atoms with Crippen LogP contribution in [-0.4, -0.2) is 39.7 Å². The maximum absolute atomic E-state index is 13.3. The van der Waals surface area contributed by atoms with Gasteiger partial charge >= 0.3 is 0 Å². The van der Waals surface area contributed by atoms with Gasteiger partial charge in [0.15, 0.2) is 10.8 Å². The predicted octanol–water partition coefficient (Wildman–Crippen LogP) is 3.24. The van der Waals surface area contributed by atoms with Crippen molar-refractivity contribution in [2.45, 2.75) is 13.0 Å². The van der Waals surface area contributed by atoms with Gasteiger partial charge in [-0.2, -0.15) is 15.3 Å². The summed E-state index contributed by atoms with van der Waals surface area (Å²) >= 11 is 7.44. The van der Waals surface area contributed by atoms with E-state index >= 15 is 0 Å². The molecule has 0 atom stereocenters. The molecule has 11 heteroatoms. The standard InChI is InChI=1S/C20H15ClN8OS/c1-28-17-13(18-19(28)24-16(31-18)6-11-5-15(21)27-25-11)8-23-29(20(17)30)9-10-3-2-4-14-12(10)7-22-26-14/h2-5,7-8H,6,9H2,1H3,(H,22,26)(H,25,27). The van der Waals surface area contributed by atoms with Crippen molar-refractivity contribution in [3.8, 4) is 0 Å². The van der Waals surface area contributed by atoms with Crippen molar-refractivity contribution in [2.24, 2.45) is 7.05 Å². The van der Waals surface area contributed by atoms with Gasteiger partial charge in [-0.15, -0.1) is 11.3 Å². The Balaban J connectivity index is 1.43. The highest BCUT2D eigenvalue weighted by Crippen LogP contribution is 2.31. The maximum atomic E-state index is 13.3. The first kappa shape index (κ1) is 18.3. The van der Waals surface area contributed by atoms with Crippen molar-refractivity contribution < 1.29 is 0 Å². The third-order valence-electron chi connectivity index (χ3n) is 5.41. The van der Waals surface area contributed by atoms with Gasteiger partial charge in [0, 0.05) is 29.9 Å². The van der Waals surface area contributed by atoms with Crippen LogP contribution in [0, 0.1) is 0 Å². The summed E-state index contributed by atoms with van der Waals surface area (Å²) in [7, 11) is 1.86. The molecule has 1 aromatic carbocycles. The summed E-state index contributed by atoms with van der Waals surface area (Å²) in [5, 5.41) is 21.5. The first-order valence-corrected chi connectivity index (χ1v) is 10.7. The Morgan fingerprint density at radius 3 is 2.94 bits per heavy atom. The number of halogens is 1. The zero-order chi connectivity index (χ0) is 21.1. The molecule has 0 aliphatic heterocycles. The molecule has 6 aromatic rings. The van der Waals surface area contributed by atoms with Gasteiger partial charge in [-0.05, 0) is 17.7 Å². The maximum Gasteiger partial charge on any atom is 0.291 e. The summed E-state index contributed by atoms with van der Waals surface area (Å²) in [4.78, 5) is 18.0. The number of H-pyrrole nitrogens is 2. The number of rotatable bonds is 4. The van der Waals surface area contributed by atoms with Crippen molar-refractivity contribution in [3.63, 3.8) is 0 Å². The van der Waals surface area contributed by atoms with E-state index in [1.807, 2.05) is 29.8 Å². The van der Waals surface area contributed by atoms with Crippen molar-refractivity contribution in [2.75, 3.05) is 0 Å². The minimum atomic E-state index is -0.146. The van der Waals surface area contributed by atoms with Crippen LogP contribution in [0.25, 0.3) is 32.2 Å². The average molecular weight is 451 g/mol. The van der Waals surface area contributed by atoms with Crippen molar-refractivity contribution >= 4 is 55.1 Å². The third-order valence-corrected chi connectivity index (χ3v) is 6.68. The molecular formula is C20H15ClN8OS. The van der Waals surface area contributed by atoms with Crippen LogP contribution < -0.4 is 5.56 Å². The first-order chi connectivity index (χ1) is 15.1. The zero-order valence-electron chi connectivity index (χ0n) is 16.3. The molecule has 6 rings (SSSR count). The van der Waals surface area contributed by atoms with Crippen LogP contribution in [0.1, 0.15) is 16.3 Å². The van der Waals surface area contributed by atoms with Crippen molar-refractivity contribution in [3.05, 3.63) is 68.4 Å². The van der Waals surface area contributed by atoms with Crippen LogP contribution in [0.3, 0.4) is 0 Å². The highest BCUT2D eigenvalue weighted by atomic mass is 35.5. The van der Waals surface area contributed by atoms with Gasteiger partial charge in [-0.3, -0.25) is 15.0 Å². The highest BCUT2D eigenvalue weighted by Gasteiger charge is 2.19. The van der Waals surface area contributed by atoms with Crippen LogP contribution in [0.2, 0.25) is 5.15 Å². The molecule has 5 aromatic heterocycles. The second-order valence-corrected chi connectivity index (χ2v) is 8.80. The molecule has 0 saturated heterocycles. The molecule has 0 unspecified atom stereocenters. The molecule has 0 spiro atoms. The van der Waals surface area contributed by atoms with Gasteiger partial charge in [0.05, 0.1) is 29.2 Å². The highest BCUT2D eigenvalue weighted by molar-refractivity contribution is 7.19. The van der Waals surface area contributed by atoms with E-state index in [1.165, 1.54) is 4.68 Å². The van der Waals surface area contributed by atoms with Gasteiger partial charge in [0.1, 0.15) is 10.5 Å². The summed E-state index contributed by atoms with van der Waals surface area (Å²) in [5.74, 6) is 0. The van der Waals surface area contributed by atoms with E-state index in [-0.39, 0.29) is 5.56 Å². The Kier molecular flexibility index (Phi) is 3.99. The monoisotopic (exact) mass is 450 g/mol. The average Bonchev–Trinajstić information content (AvgIpc) is 3.52. The third kappa shape index (κ3) is 2.87. The Morgan fingerprint density at radius 1 is 1.19 bits per heavy atom. The molecular weight excluding hydrogens is 436 g/mol. The molecule has 5 heterocycles. The molecule has 9 nitrogen and oxygen atoms in total. The molecule has 0 saturated carbocycles. The topological polar surface area (TPSA) is 110 Å². The lowest BCUT2D eigenvalue weighted by Crippen LogP contribution is -2.24. The molecule has 31 heavy (non-hydrogen) atoms. The fourth-order valence-corrected chi connectivity index (χ4v) is 5.24. The largest absolute Gasteiger partial charge is 0.323 e. The van der Waals surface area contributed by atoms with Crippen LogP contribution in [0.4, 0.5) is 0 Å². The quantitative estimate of drug-likeness (QED) is 0.428. The second kappa shape index (κ2) is 6.76. The first-order valence-electron chi connectivity index (χ1n) is 9.53. The number of hydrogen-bond acceptors (Lipinski definition) is 6. The number of nitrogens with zero attached hydrogens (tertiary/aromatic N) is 6. The summed E-state index contributed by atoms with van der Waals surface area (Å²) in [6.07, 6.45) is 4.12. The van der Waals surface area contributed by atoms with Crippen LogP contribution in [0.15, 0.2) is 41.5 Å². The fraction of sp³-hybridized carbons (Fsp3) is 0.150. The Bertz CT molecular complexity index is 1650. The van der Waals surface area contributed by atoms with Crippen LogP contribution in [0.5, 0.6) is 0 Å². The number of aryl methyl sites for hydroxylation is 1. The van der Waals surface area contributed by atoms with E-state index in [0.29, 0.717) is 23.6 Å². The number of thiazole rings is 1. The van der Waals surface area contributed by atoms with Gasteiger partial charge in [-0.25, -0.2) is 9.67 Å². The Morgan fingerprint density at radius 2 is 2.10 bits per heavy atom. The van der Waals surface area contributed by atoms with E-state index in [9.17, 15) is 4.79 Å². The zero-order valence-corrected chi connectivity index (χ0v) is 17.8. The van der Waals surface area contributed by atoms with Crippen molar-refractivity contribution in [1.29, 1.82) is 0 Å². The lowest BCUT2D eigenvalue weighted by Gasteiger charge is -2.07. The number of aromatic nitrogens is 8. The van der Waals surface area contributed by atoms with Gasteiger partial charge in [-0.1, -0.05) is 23.7 Å². The molecule has 0 amide bonds. The molecule has 0 radical (unpaired) electrons. The lowest BCUT2D eigenvalue weighted by molar-refractivity contribution is 0.647. The molecule has 154 valence electrons. The predicted molar refractivity (Wildman–Crippen MR) is 120 cm³/mol. The summed E-state index contributed by atoms with van der Waals surface area (Å²) in [5.41, 5.74) is 4.03. The van der Waals surface area contributed by atoms with Crippen molar-refractivity contribution in [1.82, 2.24) is 39.7 Å². The van der Waals surface area contributed by atoms with E-state index < -0.39 is 0 Å². The summed E-state index contributed by atoms with van der Waals surface area (Å²) < 4.78 is 4.29. The fourth-order valence-electron chi connectivity index (χ4n) is 3.94. The molecule has 0 aliphatic carbocycles. The molecule has 0 aliphatic rings. The minimum Gasteiger partial charge on any atom is -0.323 e. The molecule has 0 fully saturated rings. The van der Waals surface area contributed by atoms with E-state index in [2.05, 4.69) is 25.5 Å². The number of aromatic amines is 2. The summed E-state index contributed by atoms with van der Waals surface area (Å²) in [6.45, 7) is 0.365. The smallest absolute Gasteiger partial charge is 0.291 e. The SMILES string of the molecule is Cn1c2nc(Cc3cc(Cl)n[nH]3)sc2c2cnn(Cc3cccc4[nH]ncc34)c(=O)c21. The normalized spacial score (nSPS) is 11.9. The number of nitrogens with one attached hydrogen (secondary N) is 2. The van der Waals surface area contributed by atoms with E-state index in [1.54, 1.807) is 29.8 Å². The lowest BCUT2D eigenvalue weighted by atomic mass is 10.1. The van der Waals surface area contributed by atoms with Gasteiger partial charge in [0.2, 0.25) is 0 Å².